The zero-order valence-corrected chi connectivity index (χ0v) is 15.9. The summed E-state index contributed by atoms with van der Waals surface area (Å²) in [4.78, 5) is 12.8. The summed E-state index contributed by atoms with van der Waals surface area (Å²) in [7, 11) is 0. The van der Waals surface area contributed by atoms with Crippen molar-refractivity contribution >= 4 is 22.9 Å². The summed E-state index contributed by atoms with van der Waals surface area (Å²) >= 11 is 0. The van der Waals surface area contributed by atoms with Crippen molar-refractivity contribution in [3.8, 4) is 6.07 Å². The van der Waals surface area contributed by atoms with Crippen LogP contribution in [0.15, 0.2) is 71.9 Å². The number of hydrogen-bond donors (Lipinski definition) is 1. The average Bonchev–Trinajstić information content (AvgIpc) is 2.72. The standard InChI is InChI=1S/C23H16F2N4O/c1-14-2-5-17(19-9-8-18(24)11-20(19)25)10-22-27-21(12-23(30)29(22)28-14)16-6-3-15(13-26)4-7-16/h2-12,22,27H,1H3/b5-2-,17-10?,28-14-. The van der Waals surface area contributed by atoms with Gasteiger partial charge in [0.25, 0.3) is 5.91 Å². The van der Waals surface area contributed by atoms with Crippen molar-refractivity contribution in [1.82, 2.24) is 10.3 Å². The fourth-order valence-corrected chi connectivity index (χ4v) is 3.25. The van der Waals surface area contributed by atoms with Crippen LogP contribution < -0.4 is 5.32 Å². The van der Waals surface area contributed by atoms with E-state index in [0.717, 1.165) is 11.6 Å². The third-order valence-corrected chi connectivity index (χ3v) is 4.73. The van der Waals surface area contributed by atoms with Gasteiger partial charge in [-0.3, -0.25) is 4.79 Å². The Hall–Kier alpha value is -4.05. The molecule has 0 radical (unpaired) electrons. The van der Waals surface area contributed by atoms with Gasteiger partial charge in [-0.15, -0.1) is 0 Å². The third-order valence-electron chi connectivity index (χ3n) is 4.73. The van der Waals surface area contributed by atoms with Crippen LogP contribution in [0.4, 0.5) is 8.78 Å². The number of benzene rings is 2. The van der Waals surface area contributed by atoms with Gasteiger partial charge >= 0.3 is 0 Å². The molecule has 148 valence electrons. The largest absolute Gasteiger partial charge is 0.360 e. The summed E-state index contributed by atoms with van der Waals surface area (Å²) in [5.74, 6) is -1.71. The molecule has 2 aliphatic heterocycles. The lowest BCUT2D eigenvalue weighted by atomic mass is 10.0. The predicted molar refractivity (Wildman–Crippen MR) is 109 cm³/mol. The molecule has 0 saturated carbocycles. The van der Waals surface area contributed by atoms with Gasteiger partial charge in [-0.2, -0.15) is 10.4 Å². The Kier molecular flexibility index (Phi) is 4.98. The number of carbonyl (C=O) groups excluding carboxylic acids is 1. The highest BCUT2D eigenvalue weighted by Gasteiger charge is 2.28. The molecule has 2 aromatic rings. The molecule has 1 atom stereocenters. The summed E-state index contributed by atoms with van der Waals surface area (Å²) in [6, 6.07) is 12.2. The minimum atomic E-state index is -0.697. The first-order valence-corrected chi connectivity index (χ1v) is 9.17. The molecule has 1 unspecified atom stereocenters. The summed E-state index contributed by atoms with van der Waals surface area (Å²) in [5.41, 5.74) is 3.04. The van der Waals surface area contributed by atoms with Gasteiger partial charge in [0.2, 0.25) is 0 Å². The quantitative estimate of drug-likeness (QED) is 0.827. The van der Waals surface area contributed by atoms with E-state index in [1.807, 2.05) is 0 Å². The van der Waals surface area contributed by atoms with E-state index in [9.17, 15) is 13.6 Å². The molecular weight excluding hydrogens is 386 g/mol. The normalized spacial score (nSPS) is 21.0. The van der Waals surface area contributed by atoms with Crippen molar-refractivity contribution in [3.05, 3.63) is 95.1 Å². The van der Waals surface area contributed by atoms with E-state index in [1.54, 1.807) is 49.4 Å². The molecule has 2 aromatic carbocycles. The fourth-order valence-electron chi connectivity index (χ4n) is 3.25. The third kappa shape index (κ3) is 3.76. The van der Waals surface area contributed by atoms with Gasteiger partial charge in [-0.1, -0.05) is 18.2 Å². The molecular formula is C23H16F2N4O. The maximum absolute atomic E-state index is 14.4. The number of amides is 1. The zero-order valence-electron chi connectivity index (χ0n) is 15.9. The minimum Gasteiger partial charge on any atom is -0.360 e. The lowest BCUT2D eigenvalue weighted by Crippen LogP contribution is -2.47. The Labute approximate surface area is 171 Å². The molecule has 1 N–H and O–H groups in total. The van der Waals surface area contributed by atoms with E-state index in [1.165, 1.54) is 23.2 Å². The minimum absolute atomic E-state index is 0.214. The van der Waals surface area contributed by atoms with Crippen molar-refractivity contribution in [2.24, 2.45) is 5.10 Å². The molecule has 4 rings (SSSR count). The molecule has 5 nitrogen and oxygen atoms in total. The first kappa shape index (κ1) is 19.3. The molecule has 0 bridgehead atoms. The second kappa shape index (κ2) is 7.76. The van der Waals surface area contributed by atoms with Gasteiger partial charge in [0, 0.05) is 23.4 Å². The Morgan fingerprint density at radius 2 is 1.90 bits per heavy atom. The van der Waals surface area contributed by atoms with E-state index in [2.05, 4.69) is 16.5 Å². The van der Waals surface area contributed by atoms with Gasteiger partial charge in [0.1, 0.15) is 17.8 Å². The predicted octanol–water partition coefficient (Wildman–Crippen LogP) is 3.96. The van der Waals surface area contributed by atoms with Gasteiger partial charge in [-0.05, 0) is 54.5 Å². The molecule has 30 heavy (non-hydrogen) atoms. The van der Waals surface area contributed by atoms with Crippen LogP contribution >= 0.6 is 0 Å². The van der Waals surface area contributed by atoms with Crippen molar-refractivity contribution in [2.45, 2.75) is 13.1 Å². The maximum Gasteiger partial charge on any atom is 0.271 e. The zero-order chi connectivity index (χ0) is 21.3. The van der Waals surface area contributed by atoms with E-state index in [0.29, 0.717) is 22.5 Å². The molecule has 2 heterocycles. The van der Waals surface area contributed by atoms with Crippen LogP contribution in [0.25, 0.3) is 11.3 Å². The second-order valence-corrected chi connectivity index (χ2v) is 6.84. The maximum atomic E-state index is 14.4. The number of rotatable bonds is 2. The van der Waals surface area contributed by atoms with E-state index in [4.69, 9.17) is 5.26 Å². The van der Waals surface area contributed by atoms with Crippen molar-refractivity contribution in [2.75, 3.05) is 0 Å². The number of allylic oxidation sites excluding steroid dienone is 3. The fraction of sp³-hybridized carbons (Fsp3) is 0.0870. The van der Waals surface area contributed by atoms with Crippen LogP contribution in [0.5, 0.6) is 0 Å². The second-order valence-electron chi connectivity index (χ2n) is 6.84. The van der Waals surface area contributed by atoms with E-state index >= 15 is 0 Å². The first-order valence-electron chi connectivity index (χ1n) is 9.17. The summed E-state index contributed by atoms with van der Waals surface area (Å²) in [6.07, 6.45) is 5.74. The molecule has 0 saturated heterocycles. The number of hydrogen-bond acceptors (Lipinski definition) is 4. The number of nitriles is 1. The Bertz CT molecular complexity index is 1190. The number of nitrogens with one attached hydrogen (secondary N) is 1. The SMILES string of the molecule is CC1=N/N2C(=O)C=C(c3ccc(C#N)cc3)NC2C=C(c2ccc(F)cc2F)/C=C\1. The van der Waals surface area contributed by atoms with Crippen LogP contribution in [-0.2, 0) is 4.79 Å². The Balaban J connectivity index is 1.76. The summed E-state index contributed by atoms with van der Waals surface area (Å²) in [6.45, 7) is 1.73. The highest BCUT2D eigenvalue weighted by Crippen LogP contribution is 2.26. The van der Waals surface area contributed by atoms with Crippen molar-refractivity contribution < 1.29 is 13.6 Å². The molecule has 2 aliphatic rings. The monoisotopic (exact) mass is 402 g/mol. The smallest absolute Gasteiger partial charge is 0.271 e. The van der Waals surface area contributed by atoms with Gasteiger partial charge in [0.05, 0.1) is 17.3 Å². The molecule has 0 aromatic heterocycles. The van der Waals surface area contributed by atoms with Crippen LogP contribution in [0.3, 0.4) is 0 Å². The topological polar surface area (TPSA) is 68.5 Å². The number of nitrogens with zero attached hydrogens (tertiary/aromatic N) is 3. The van der Waals surface area contributed by atoms with Crippen LogP contribution in [0.1, 0.15) is 23.6 Å². The number of hydrazone groups is 1. The molecule has 1 amide bonds. The molecule has 0 fully saturated rings. The van der Waals surface area contributed by atoms with E-state index in [-0.39, 0.29) is 11.5 Å². The Morgan fingerprint density at radius 1 is 1.13 bits per heavy atom. The Morgan fingerprint density at radius 3 is 2.60 bits per heavy atom. The average molecular weight is 402 g/mol. The van der Waals surface area contributed by atoms with Crippen LogP contribution in [-0.4, -0.2) is 22.8 Å². The highest BCUT2D eigenvalue weighted by molar-refractivity contribution is 6.01. The van der Waals surface area contributed by atoms with Crippen LogP contribution in [0, 0.1) is 23.0 Å². The summed E-state index contributed by atoms with van der Waals surface area (Å²) in [5, 5.41) is 17.8. The van der Waals surface area contributed by atoms with Crippen molar-refractivity contribution in [1.29, 1.82) is 5.26 Å². The summed E-state index contributed by atoms with van der Waals surface area (Å²) < 4.78 is 27.7. The molecule has 7 heteroatoms. The van der Waals surface area contributed by atoms with E-state index < -0.39 is 17.8 Å². The lowest BCUT2D eigenvalue weighted by molar-refractivity contribution is -0.128. The van der Waals surface area contributed by atoms with Crippen LogP contribution in [0.2, 0.25) is 0 Å². The molecule has 0 spiro atoms. The van der Waals surface area contributed by atoms with Crippen molar-refractivity contribution in [3.63, 3.8) is 0 Å². The number of halogens is 2. The first-order chi connectivity index (χ1) is 14.4. The number of fused-ring (bicyclic) bond motifs is 1. The lowest BCUT2D eigenvalue weighted by Gasteiger charge is -2.32. The van der Waals surface area contributed by atoms with Gasteiger partial charge in [-0.25, -0.2) is 13.8 Å². The highest BCUT2D eigenvalue weighted by atomic mass is 19.1. The van der Waals surface area contributed by atoms with Gasteiger partial charge in [0.15, 0.2) is 0 Å². The number of carbonyl (C=O) groups is 1. The van der Waals surface area contributed by atoms with Gasteiger partial charge < -0.3 is 5.32 Å². The molecule has 0 aliphatic carbocycles.